The van der Waals surface area contributed by atoms with Crippen LogP contribution in [0.15, 0.2) is 30.3 Å². The topological polar surface area (TPSA) is 76.3 Å². The molecule has 1 aromatic carbocycles. The van der Waals surface area contributed by atoms with E-state index in [4.69, 9.17) is 5.26 Å². The zero-order valence-corrected chi connectivity index (χ0v) is 16.6. The molecule has 0 spiro atoms. The van der Waals surface area contributed by atoms with Crippen molar-refractivity contribution in [1.29, 1.82) is 5.26 Å². The number of hydrogen-bond donors (Lipinski definition) is 1. The Morgan fingerprint density at radius 3 is 2.59 bits per heavy atom. The average molecular weight is 365 g/mol. The molecule has 1 saturated heterocycles. The van der Waals surface area contributed by atoms with Gasteiger partial charge in [-0.15, -0.1) is 10.2 Å². The number of benzene rings is 1. The molecular weight excluding hydrogens is 338 g/mol. The highest BCUT2D eigenvalue weighted by molar-refractivity contribution is 5.68. The molecule has 1 aromatic heterocycles. The van der Waals surface area contributed by atoms with Gasteiger partial charge in [-0.1, -0.05) is 6.92 Å². The highest BCUT2D eigenvalue weighted by Crippen LogP contribution is 2.36. The first-order valence-electron chi connectivity index (χ1n) is 9.27. The SMILES string of the molecule is CC1C(N(C)c2ccc(-c3ccc(C#N)cc3O)nn2)CCN(C)C1(C)C. The van der Waals surface area contributed by atoms with Crippen LogP contribution in [0.1, 0.15) is 32.8 Å². The summed E-state index contributed by atoms with van der Waals surface area (Å²) < 4.78 is 0. The van der Waals surface area contributed by atoms with Gasteiger partial charge in [-0.25, -0.2) is 0 Å². The van der Waals surface area contributed by atoms with E-state index >= 15 is 0 Å². The molecule has 0 aliphatic carbocycles. The van der Waals surface area contributed by atoms with Crippen molar-refractivity contribution >= 4 is 5.82 Å². The predicted octanol–water partition coefficient (Wildman–Crippen LogP) is 3.28. The van der Waals surface area contributed by atoms with Crippen LogP contribution in [-0.2, 0) is 0 Å². The second-order valence-corrected chi connectivity index (χ2v) is 7.95. The molecule has 1 N–H and O–H groups in total. The Balaban J connectivity index is 1.82. The molecule has 2 heterocycles. The number of phenols is 1. The Morgan fingerprint density at radius 1 is 1.26 bits per heavy atom. The van der Waals surface area contributed by atoms with Gasteiger partial charge in [-0.05, 0) is 63.6 Å². The number of likely N-dealkylation sites (tertiary alicyclic amines) is 1. The number of aromatic nitrogens is 2. The summed E-state index contributed by atoms with van der Waals surface area (Å²) in [4.78, 5) is 4.64. The van der Waals surface area contributed by atoms with Crippen LogP contribution in [0, 0.1) is 17.2 Å². The predicted molar refractivity (Wildman–Crippen MR) is 107 cm³/mol. The number of nitriles is 1. The van der Waals surface area contributed by atoms with Crippen molar-refractivity contribution in [2.75, 3.05) is 25.5 Å². The smallest absolute Gasteiger partial charge is 0.151 e. The third-order valence-electron chi connectivity index (χ3n) is 6.35. The lowest BCUT2D eigenvalue weighted by atomic mass is 9.77. The van der Waals surface area contributed by atoms with Crippen molar-refractivity contribution < 1.29 is 5.11 Å². The van der Waals surface area contributed by atoms with E-state index in [0.29, 0.717) is 28.8 Å². The number of piperidine rings is 1. The molecule has 6 heteroatoms. The van der Waals surface area contributed by atoms with Crippen molar-refractivity contribution in [2.45, 2.75) is 38.8 Å². The van der Waals surface area contributed by atoms with Crippen molar-refractivity contribution in [3.8, 4) is 23.1 Å². The maximum absolute atomic E-state index is 10.1. The van der Waals surface area contributed by atoms with Gasteiger partial charge >= 0.3 is 0 Å². The summed E-state index contributed by atoms with van der Waals surface area (Å²) >= 11 is 0. The summed E-state index contributed by atoms with van der Waals surface area (Å²) in [6.45, 7) is 7.94. The number of nitrogens with zero attached hydrogens (tertiary/aromatic N) is 5. The van der Waals surface area contributed by atoms with Crippen molar-refractivity contribution in [1.82, 2.24) is 15.1 Å². The normalized spacial score (nSPS) is 22.2. The van der Waals surface area contributed by atoms with Gasteiger partial charge in [0.15, 0.2) is 5.82 Å². The zero-order valence-electron chi connectivity index (χ0n) is 16.6. The van der Waals surface area contributed by atoms with Gasteiger partial charge in [-0.2, -0.15) is 5.26 Å². The maximum atomic E-state index is 10.1. The lowest BCUT2D eigenvalue weighted by Crippen LogP contribution is -2.59. The van der Waals surface area contributed by atoms with Gasteiger partial charge in [0.1, 0.15) is 5.75 Å². The Morgan fingerprint density at radius 2 is 2.00 bits per heavy atom. The molecule has 6 nitrogen and oxygen atoms in total. The van der Waals surface area contributed by atoms with Gasteiger partial charge < -0.3 is 14.9 Å². The standard InChI is InChI=1S/C21H27N5O/c1-14-18(10-11-25(4)21(14,2)3)26(5)20-9-8-17(23-24-20)16-7-6-15(13-22)12-19(16)27/h6-9,12,14,18,27H,10-11H2,1-5H3. The van der Waals surface area contributed by atoms with E-state index in [0.717, 1.165) is 18.8 Å². The Labute approximate surface area is 161 Å². The van der Waals surface area contributed by atoms with E-state index in [9.17, 15) is 5.11 Å². The molecule has 0 bridgehead atoms. The van der Waals surface area contributed by atoms with Crippen molar-refractivity contribution in [3.63, 3.8) is 0 Å². The summed E-state index contributed by atoms with van der Waals surface area (Å²) in [6, 6.07) is 11.0. The third-order valence-corrected chi connectivity index (χ3v) is 6.35. The summed E-state index contributed by atoms with van der Waals surface area (Å²) in [5, 5.41) is 27.8. The first-order valence-corrected chi connectivity index (χ1v) is 9.27. The molecule has 1 aliphatic heterocycles. The monoisotopic (exact) mass is 365 g/mol. The Bertz CT molecular complexity index is 856. The number of aromatic hydroxyl groups is 1. The van der Waals surface area contributed by atoms with E-state index in [1.54, 1.807) is 12.1 Å². The van der Waals surface area contributed by atoms with E-state index in [1.807, 2.05) is 18.2 Å². The molecule has 142 valence electrons. The largest absolute Gasteiger partial charge is 0.507 e. The molecule has 27 heavy (non-hydrogen) atoms. The Hall–Kier alpha value is -2.65. The fraction of sp³-hybridized carbons (Fsp3) is 0.476. The molecule has 0 saturated carbocycles. The second kappa shape index (κ2) is 7.16. The van der Waals surface area contributed by atoms with Gasteiger partial charge in [0.25, 0.3) is 0 Å². The summed E-state index contributed by atoms with van der Waals surface area (Å²) in [7, 11) is 4.26. The minimum atomic E-state index is 0.0372. The third kappa shape index (κ3) is 3.47. The van der Waals surface area contributed by atoms with Crippen molar-refractivity contribution in [3.05, 3.63) is 35.9 Å². The molecule has 2 atom stereocenters. The van der Waals surface area contributed by atoms with Crippen LogP contribution in [-0.4, -0.2) is 52.4 Å². The van der Waals surface area contributed by atoms with Crippen LogP contribution < -0.4 is 4.90 Å². The highest BCUT2D eigenvalue weighted by Gasteiger charge is 2.41. The summed E-state index contributed by atoms with van der Waals surface area (Å²) in [5.41, 5.74) is 1.70. The van der Waals surface area contributed by atoms with Crippen LogP contribution >= 0.6 is 0 Å². The number of rotatable bonds is 3. The molecular formula is C21H27N5O. The number of phenolic OH excluding ortho intramolecular Hbond substituents is 1. The average Bonchev–Trinajstić information content (AvgIpc) is 2.66. The van der Waals surface area contributed by atoms with Gasteiger partial charge in [0.2, 0.25) is 0 Å². The van der Waals surface area contributed by atoms with Crippen LogP contribution in [0.5, 0.6) is 5.75 Å². The van der Waals surface area contributed by atoms with Crippen LogP contribution in [0.3, 0.4) is 0 Å². The fourth-order valence-corrected chi connectivity index (χ4v) is 3.86. The fourth-order valence-electron chi connectivity index (χ4n) is 3.86. The lowest BCUT2D eigenvalue weighted by molar-refractivity contribution is 0.0391. The molecule has 2 aromatic rings. The molecule has 3 rings (SSSR count). The quantitative estimate of drug-likeness (QED) is 0.900. The van der Waals surface area contributed by atoms with Crippen molar-refractivity contribution in [2.24, 2.45) is 5.92 Å². The minimum Gasteiger partial charge on any atom is -0.507 e. The van der Waals surface area contributed by atoms with Gasteiger partial charge in [0.05, 0.1) is 17.3 Å². The van der Waals surface area contributed by atoms with E-state index < -0.39 is 0 Å². The zero-order chi connectivity index (χ0) is 19.8. The van der Waals surface area contributed by atoms with E-state index in [-0.39, 0.29) is 11.3 Å². The van der Waals surface area contributed by atoms with Crippen LogP contribution in [0.2, 0.25) is 0 Å². The highest BCUT2D eigenvalue weighted by atomic mass is 16.3. The molecule has 0 amide bonds. The van der Waals surface area contributed by atoms with E-state index in [2.05, 4.69) is 54.9 Å². The number of anilines is 1. The second-order valence-electron chi connectivity index (χ2n) is 7.95. The molecule has 2 unspecified atom stereocenters. The maximum Gasteiger partial charge on any atom is 0.151 e. The van der Waals surface area contributed by atoms with E-state index in [1.165, 1.54) is 6.07 Å². The number of hydrogen-bond acceptors (Lipinski definition) is 6. The lowest BCUT2D eigenvalue weighted by Gasteiger charge is -2.51. The summed E-state index contributed by atoms with van der Waals surface area (Å²) in [6.07, 6.45) is 1.08. The minimum absolute atomic E-state index is 0.0372. The van der Waals surface area contributed by atoms with Gasteiger partial charge in [0, 0.05) is 30.7 Å². The van der Waals surface area contributed by atoms with Crippen LogP contribution in [0.4, 0.5) is 5.82 Å². The first kappa shape index (κ1) is 19.1. The first-order chi connectivity index (χ1) is 12.8. The molecule has 1 aliphatic rings. The van der Waals surface area contributed by atoms with Crippen LogP contribution in [0.25, 0.3) is 11.3 Å². The van der Waals surface area contributed by atoms with Gasteiger partial charge in [-0.3, -0.25) is 0 Å². The summed E-state index contributed by atoms with van der Waals surface area (Å²) in [5.74, 6) is 1.34. The Kier molecular flexibility index (Phi) is 5.07. The molecule has 0 radical (unpaired) electrons. The molecule has 1 fully saturated rings.